The van der Waals surface area contributed by atoms with E-state index in [1.807, 2.05) is 23.9 Å². The zero-order chi connectivity index (χ0) is 12.1. The second-order valence-electron chi connectivity index (χ2n) is 4.16. The number of rotatable bonds is 2. The van der Waals surface area contributed by atoms with E-state index >= 15 is 0 Å². The molecule has 0 atom stereocenters. The van der Waals surface area contributed by atoms with Gasteiger partial charge in [-0.2, -0.15) is 17.0 Å². The first-order valence-electron chi connectivity index (χ1n) is 5.78. The Morgan fingerprint density at radius 2 is 2.24 bits per heavy atom. The SMILES string of the molecule is N#Cc1ccc(CN2CCCSCC2)c(Cl)c1. The summed E-state index contributed by atoms with van der Waals surface area (Å²) in [6.07, 6.45) is 1.25. The third kappa shape index (κ3) is 3.64. The minimum Gasteiger partial charge on any atom is -0.298 e. The summed E-state index contributed by atoms with van der Waals surface area (Å²) >= 11 is 8.21. The molecule has 1 fully saturated rings. The largest absolute Gasteiger partial charge is 0.298 e. The minimum absolute atomic E-state index is 0.630. The van der Waals surface area contributed by atoms with Crippen LogP contribution in [0.3, 0.4) is 0 Å². The Morgan fingerprint density at radius 3 is 3.00 bits per heavy atom. The van der Waals surface area contributed by atoms with Gasteiger partial charge in [0.2, 0.25) is 0 Å². The monoisotopic (exact) mass is 266 g/mol. The Balaban J connectivity index is 2.05. The molecule has 0 saturated carbocycles. The smallest absolute Gasteiger partial charge is 0.0992 e. The van der Waals surface area contributed by atoms with Crippen LogP contribution in [0, 0.1) is 11.3 Å². The van der Waals surface area contributed by atoms with Crippen LogP contribution in [-0.4, -0.2) is 29.5 Å². The maximum atomic E-state index is 8.79. The van der Waals surface area contributed by atoms with Gasteiger partial charge in [-0.25, -0.2) is 0 Å². The van der Waals surface area contributed by atoms with Gasteiger partial charge in [-0.05, 0) is 36.4 Å². The maximum Gasteiger partial charge on any atom is 0.0992 e. The summed E-state index contributed by atoms with van der Waals surface area (Å²) < 4.78 is 0. The Morgan fingerprint density at radius 1 is 1.35 bits per heavy atom. The highest BCUT2D eigenvalue weighted by Gasteiger charge is 2.11. The molecule has 17 heavy (non-hydrogen) atoms. The molecule has 0 aromatic heterocycles. The van der Waals surface area contributed by atoms with Crippen LogP contribution in [0.1, 0.15) is 17.5 Å². The first kappa shape index (κ1) is 12.8. The molecule has 0 radical (unpaired) electrons. The van der Waals surface area contributed by atoms with Crippen LogP contribution in [0.4, 0.5) is 0 Å². The maximum absolute atomic E-state index is 8.79. The zero-order valence-corrected chi connectivity index (χ0v) is 11.2. The van der Waals surface area contributed by atoms with Crippen LogP contribution in [-0.2, 0) is 6.54 Å². The summed E-state index contributed by atoms with van der Waals surface area (Å²) in [6.45, 7) is 3.16. The van der Waals surface area contributed by atoms with Crippen molar-refractivity contribution in [2.75, 3.05) is 24.6 Å². The summed E-state index contributed by atoms with van der Waals surface area (Å²) in [7, 11) is 0. The number of hydrogen-bond donors (Lipinski definition) is 0. The highest BCUT2D eigenvalue weighted by Crippen LogP contribution is 2.20. The predicted octanol–water partition coefficient (Wildman–Crippen LogP) is 3.15. The number of hydrogen-bond acceptors (Lipinski definition) is 3. The Bertz CT molecular complexity index is 420. The van der Waals surface area contributed by atoms with Crippen molar-refractivity contribution in [3.8, 4) is 6.07 Å². The average molecular weight is 267 g/mol. The molecule has 4 heteroatoms. The fraction of sp³-hybridized carbons (Fsp3) is 0.462. The van der Waals surface area contributed by atoms with Gasteiger partial charge in [0.05, 0.1) is 11.6 Å². The van der Waals surface area contributed by atoms with Crippen molar-refractivity contribution in [3.05, 3.63) is 34.3 Å². The van der Waals surface area contributed by atoms with E-state index in [2.05, 4.69) is 11.0 Å². The molecule has 1 heterocycles. The normalized spacial score (nSPS) is 17.4. The van der Waals surface area contributed by atoms with E-state index in [0.717, 1.165) is 25.2 Å². The Hall–Kier alpha value is -0.690. The van der Waals surface area contributed by atoms with Crippen molar-refractivity contribution in [1.29, 1.82) is 5.26 Å². The van der Waals surface area contributed by atoms with Crippen molar-refractivity contribution in [2.45, 2.75) is 13.0 Å². The van der Waals surface area contributed by atoms with Crippen LogP contribution in [0.5, 0.6) is 0 Å². The molecule has 0 spiro atoms. The summed E-state index contributed by atoms with van der Waals surface area (Å²) in [5.41, 5.74) is 1.75. The number of nitrogens with zero attached hydrogens (tertiary/aromatic N) is 2. The lowest BCUT2D eigenvalue weighted by Gasteiger charge is -2.20. The fourth-order valence-corrected chi connectivity index (χ4v) is 3.11. The summed E-state index contributed by atoms with van der Waals surface area (Å²) in [6, 6.07) is 7.67. The topological polar surface area (TPSA) is 27.0 Å². The summed E-state index contributed by atoms with van der Waals surface area (Å²) in [5, 5.41) is 9.50. The van der Waals surface area contributed by atoms with Crippen molar-refractivity contribution >= 4 is 23.4 Å². The van der Waals surface area contributed by atoms with E-state index in [0.29, 0.717) is 10.6 Å². The van der Waals surface area contributed by atoms with E-state index in [-0.39, 0.29) is 0 Å². The van der Waals surface area contributed by atoms with Gasteiger partial charge >= 0.3 is 0 Å². The van der Waals surface area contributed by atoms with Gasteiger partial charge in [0.25, 0.3) is 0 Å². The molecular formula is C13H15ClN2S. The first-order chi connectivity index (χ1) is 8.29. The fourth-order valence-electron chi connectivity index (χ4n) is 1.94. The van der Waals surface area contributed by atoms with Gasteiger partial charge in [0, 0.05) is 23.9 Å². The quantitative estimate of drug-likeness (QED) is 0.823. The van der Waals surface area contributed by atoms with Crippen molar-refractivity contribution in [1.82, 2.24) is 4.90 Å². The summed E-state index contributed by atoms with van der Waals surface area (Å²) in [5.74, 6) is 2.46. The number of nitriles is 1. The van der Waals surface area contributed by atoms with Gasteiger partial charge in [-0.15, -0.1) is 0 Å². The van der Waals surface area contributed by atoms with Gasteiger partial charge in [-0.1, -0.05) is 17.7 Å². The van der Waals surface area contributed by atoms with E-state index in [9.17, 15) is 0 Å². The standard InChI is InChI=1S/C13H15ClN2S/c14-13-8-11(9-15)2-3-12(13)10-16-4-1-6-17-7-5-16/h2-3,8H,1,4-7,10H2. The Labute approximate surface area is 112 Å². The molecule has 2 nitrogen and oxygen atoms in total. The predicted molar refractivity (Wildman–Crippen MR) is 73.4 cm³/mol. The molecule has 1 saturated heterocycles. The van der Waals surface area contributed by atoms with Crippen LogP contribution in [0.15, 0.2) is 18.2 Å². The molecule has 1 aliphatic rings. The molecule has 90 valence electrons. The Kier molecular flexibility index (Phi) is 4.73. The van der Waals surface area contributed by atoms with E-state index in [1.165, 1.54) is 17.9 Å². The lowest BCUT2D eigenvalue weighted by atomic mass is 10.1. The highest BCUT2D eigenvalue weighted by molar-refractivity contribution is 7.99. The third-order valence-electron chi connectivity index (χ3n) is 2.89. The molecule has 0 unspecified atom stereocenters. The lowest BCUT2D eigenvalue weighted by molar-refractivity contribution is 0.287. The molecule has 1 aromatic carbocycles. The lowest BCUT2D eigenvalue weighted by Crippen LogP contribution is -2.25. The second kappa shape index (κ2) is 6.30. The average Bonchev–Trinajstić information content (AvgIpc) is 2.60. The van der Waals surface area contributed by atoms with Crippen molar-refractivity contribution in [3.63, 3.8) is 0 Å². The molecule has 0 amide bonds. The number of halogens is 1. The van der Waals surface area contributed by atoms with Gasteiger partial charge < -0.3 is 0 Å². The highest BCUT2D eigenvalue weighted by atomic mass is 35.5. The van der Waals surface area contributed by atoms with Gasteiger partial charge in [-0.3, -0.25) is 4.90 Å². The molecule has 1 aliphatic heterocycles. The molecule has 2 rings (SSSR count). The molecule has 1 aromatic rings. The number of thioether (sulfide) groups is 1. The minimum atomic E-state index is 0.630. The van der Waals surface area contributed by atoms with Gasteiger partial charge in [0.1, 0.15) is 0 Å². The van der Waals surface area contributed by atoms with E-state index in [4.69, 9.17) is 16.9 Å². The van der Waals surface area contributed by atoms with Crippen LogP contribution < -0.4 is 0 Å². The van der Waals surface area contributed by atoms with Crippen molar-refractivity contribution < 1.29 is 0 Å². The van der Waals surface area contributed by atoms with E-state index < -0.39 is 0 Å². The van der Waals surface area contributed by atoms with Crippen LogP contribution >= 0.6 is 23.4 Å². The molecular weight excluding hydrogens is 252 g/mol. The van der Waals surface area contributed by atoms with Crippen LogP contribution in [0.25, 0.3) is 0 Å². The molecule has 0 N–H and O–H groups in total. The molecule has 0 bridgehead atoms. The van der Waals surface area contributed by atoms with Crippen molar-refractivity contribution in [2.24, 2.45) is 0 Å². The van der Waals surface area contributed by atoms with E-state index in [1.54, 1.807) is 6.07 Å². The van der Waals surface area contributed by atoms with Gasteiger partial charge in [0.15, 0.2) is 0 Å². The summed E-state index contributed by atoms with van der Waals surface area (Å²) in [4.78, 5) is 2.44. The molecule has 0 aliphatic carbocycles. The second-order valence-corrected chi connectivity index (χ2v) is 5.79. The van der Waals surface area contributed by atoms with Crippen LogP contribution in [0.2, 0.25) is 5.02 Å². The third-order valence-corrected chi connectivity index (χ3v) is 4.29. The zero-order valence-electron chi connectivity index (χ0n) is 9.66. The number of benzene rings is 1. The first-order valence-corrected chi connectivity index (χ1v) is 7.31.